The van der Waals surface area contributed by atoms with Crippen LogP contribution in [0.25, 0.3) is 0 Å². The van der Waals surface area contributed by atoms with Crippen molar-refractivity contribution in [3.05, 3.63) is 52.6 Å². The minimum atomic E-state index is -3.94. The normalized spacial score (nSPS) is 13.4. The van der Waals surface area contributed by atoms with Gasteiger partial charge in [0.15, 0.2) is 11.5 Å². The fourth-order valence-corrected chi connectivity index (χ4v) is 3.51. The van der Waals surface area contributed by atoms with Gasteiger partial charge in [-0.25, -0.2) is 8.42 Å². The Morgan fingerprint density at radius 3 is 2.50 bits per heavy atom. The van der Waals surface area contributed by atoms with Crippen LogP contribution in [0.4, 0.5) is 11.4 Å². The van der Waals surface area contributed by atoms with Gasteiger partial charge < -0.3 is 9.47 Å². The molecule has 0 N–H and O–H groups in total. The maximum atomic E-state index is 12.7. The smallest absolute Gasteiger partial charge is 0.270 e. The van der Waals surface area contributed by atoms with E-state index >= 15 is 0 Å². The predicted octanol–water partition coefficient (Wildman–Crippen LogP) is 2.19. The van der Waals surface area contributed by atoms with Gasteiger partial charge in [-0.3, -0.25) is 14.4 Å². The number of non-ortho nitro benzene ring substituents is 1. The molecule has 0 radical (unpaired) electrons. The van der Waals surface area contributed by atoms with E-state index in [1.165, 1.54) is 25.2 Å². The van der Waals surface area contributed by atoms with Crippen LogP contribution < -0.4 is 13.8 Å². The number of hydrogen-bond acceptors (Lipinski definition) is 6. The van der Waals surface area contributed by atoms with Crippen LogP contribution in [0.15, 0.2) is 47.4 Å². The van der Waals surface area contributed by atoms with Gasteiger partial charge in [0.1, 0.15) is 13.2 Å². The van der Waals surface area contributed by atoms with Crippen LogP contribution in [-0.2, 0) is 10.0 Å². The SMILES string of the molecule is CN(c1ccc2c(c1)OCCO2)S(=O)(=O)c1cccc([N+](=O)[O-])c1. The van der Waals surface area contributed by atoms with Gasteiger partial charge in [0, 0.05) is 25.2 Å². The van der Waals surface area contributed by atoms with Crippen molar-refractivity contribution in [1.82, 2.24) is 0 Å². The lowest BCUT2D eigenvalue weighted by atomic mass is 10.2. The highest BCUT2D eigenvalue weighted by molar-refractivity contribution is 7.92. The summed E-state index contributed by atoms with van der Waals surface area (Å²) in [5.74, 6) is 1.01. The van der Waals surface area contributed by atoms with E-state index in [9.17, 15) is 18.5 Å². The summed E-state index contributed by atoms with van der Waals surface area (Å²) in [4.78, 5) is 10.1. The highest BCUT2D eigenvalue weighted by atomic mass is 32.2. The molecular formula is C15H14N2O6S. The molecule has 0 unspecified atom stereocenters. The Kier molecular flexibility index (Phi) is 4.02. The van der Waals surface area contributed by atoms with E-state index in [2.05, 4.69) is 0 Å². The number of sulfonamides is 1. The predicted molar refractivity (Wildman–Crippen MR) is 86.1 cm³/mol. The highest BCUT2D eigenvalue weighted by Gasteiger charge is 2.24. The van der Waals surface area contributed by atoms with E-state index < -0.39 is 14.9 Å². The van der Waals surface area contributed by atoms with Crippen molar-refractivity contribution in [3.8, 4) is 11.5 Å². The lowest BCUT2D eigenvalue weighted by molar-refractivity contribution is -0.385. The van der Waals surface area contributed by atoms with E-state index in [1.807, 2.05) is 0 Å². The van der Waals surface area contributed by atoms with Crippen molar-refractivity contribution >= 4 is 21.4 Å². The number of rotatable bonds is 4. The summed E-state index contributed by atoms with van der Waals surface area (Å²) in [6.07, 6.45) is 0. The quantitative estimate of drug-likeness (QED) is 0.619. The number of anilines is 1. The third-order valence-corrected chi connectivity index (χ3v) is 5.36. The fraction of sp³-hybridized carbons (Fsp3) is 0.200. The highest BCUT2D eigenvalue weighted by Crippen LogP contribution is 2.35. The molecule has 2 aromatic rings. The zero-order valence-electron chi connectivity index (χ0n) is 12.7. The maximum absolute atomic E-state index is 12.7. The number of hydrogen-bond donors (Lipinski definition) is 0. The second kappa shape index (κ2) is 6.00. The Morgan fingerprint density at radius 2 is 1.79 bits per heavy atom. The largest absolute Gasteiger partial charge is 0.486 e. The molecule has 0 bridgehead atoms. The van der Waals surface area contributed by atoms with Crippen LogP contribution in [-0.4, -0.2) is 33.6 Å². The van der Waals surface area contributed by atoms with E-state index in [4.69, 9.17) is 9.47 Å². The first-order valence-corrected chi connectivity index (χ1v) is 8.46. The molecule has 1 aliphatic rings. The first kappa shape index (κ1) is 16.1. The molecule has 0 spiro atoms. The Hall–Kier alpha value is -2.81. The minimum absolute atomic E-state index is 0.158. The third kappa shape index (κ3) is 2.85. The minimum Gasteiger partial charge on any atom is -0.486 e. The molecule has 0 aliphatic carbocycles. The Bertz CT molecular complexity index is 897. The van der Waals surface area contributed by atoms with Crippen LogP contribution in [0.3, 0.4) is 0 Å². The van der Waals surface area contributed by atoms with Crippen molar-refractivity contribution in [2.75, 3.05) is 24.6 Å². The molecule has 2 aromatic carbocycles. The molecule has 0 atom stereocenters. The van der Waals surface area contributed by atoms with E-state index in [1.54, 1.807) is 18.2 Å². The molecule has 0 saturated carbocycles. The first-order valence-electron chi connectivity index (χ1n) is 7.02. The van der Waals surface area contributed by atoms with Crippen molar-refractivity contribution < 1.29 is 22.8 Å². The molecule has 126 valence electrons. The van der Waals surface area contributed by atoms with Gasteiger partial charge in [-0.05, 0) is 18.2 Å². The molecule has 1 heterocycles. The van der Waals surface area contributed by atoms with Gasteiger partial charge in [0.05, 0.1) is 15.5 Å². The van der Waals surface area contributed by atoms with Crippen LogP contribution in [0.2, 0.25) is 0 Å². The first-order chi connectivity index (χ1) is 11.4. The number of nitro benzene ring substituents is 1. The van der Waals surface area contributed by atoms with E-state index in [0.717, 1.165) is 10.4 Å². The van der Waals surface area contributed by atoms with Gasteiger partial charge >= 0.3 is 0 Å². The summed E-state index contributed by atoms with van der Waals surface area (Å²) >= 11 is 0. The fourth-order valence-electron chi connectivity index (χ4n) is 2.28. The summed E-state index contributed by atoms with van der Waals surface area (Å²) in [6.45, 7) is 0.825. The second-order valence-corrected chi connectivity index (χ2v) is 7.02. The Morgan fingerprint density at radius 1 is 1.08 bits per heavy atom. The summed E-state index contributed by atoms with van der Waals surface area (Å²) in [5.41, 5.74) is 0.0809. The van der Waals surface area contributed by atoms with Crippen LogP contribution in [0.1, 0.15) is 0 Å². The standard InChI is InChI=1S/C15H14N2O6S/c1-16(11-5-6-14-15(10-11)23-8-7-22-14)24(20,21)13-4-2-3-12(9-13)17(18)19/h2-6,9-10H,7-8H2,1H3. The van der Waals surface area contributed by atoms with Crippen molar-refractivity contribution in [2.45, 2.75) is 4.90 Å². The summed E-state index contributed by atoms with van der Waals surface area (Å²) in [5, 5.41) is 10.8. The zero-order valence-corrected chi connectivity index (χ0v) is 13.5. The van der Waals surface area contributed by atoms with Crippen molar-refractivity contribution in [3.63, 3.8) is 0 Å². The molecule has 0 saturated heterocycles. The average molecular weight is 350 g/mol. The maximum Gasteiger partial charge on any atom is 0.270 e. The number of benzene rings is 2. The van der Waals surface area contributed by atoms with Crippen LogP contribution >= 0.6 is 0 Å². The molecule has 1 aliphatic heterocycles. The number of fused-ring (bicyclic) bond motifs is 1. The zero-order chi connectivity index (χ0) is 17.3. The molecule has 0 fully saturated rings. The molecule has 8 nitrogen and oxygen atoms in total. The third-order valence-electron chi connectivity index (χ3n) is 3.58. The van der Waals surface area contributed by atoms with Gasteiger partial charge in [-0.2, -0.15) is 0 Å². The number of nitro groups is 1. The molecule has 0 aromatic heterocycles. The lowest BCUT2D eigenvalue weighted by Crippen LogP contribution is -2.27. The molecular weight excluding hydrogens is 336 g/mol. The number of nitrogens with zero attached hydrogens (tertiary/aromatic N) is 2. The van der Waals surface area contributed by atoms with Crippen molar-refractivity contribution in [2.24, 2.45) is 0 Å². The van der Waals surface area contributed by atoms with Crippen molar-refractivity contribution in [1.29, 1.82) is 0 Å². The molecule has 3 rings (SSSR count). The summed E-state index contributed by atoms with van der Waals surface area (Å²) in [6, 6.07) is 9.70. The van der Waals surface area contributed by atoms with Crippen LogP contribution in [0.5, 0.6) is 11.5 Å². The number of ether oxygens (including phenoxy) is 2. The summed E-state index contributed by atoms with van der Waals surface area (Å²) in [7, 11) is -2.57. The van der Waals surface area contributed by atoms with E-state index in [0.29, 0.717) is 30.4 Å². The molecule has 0 amide bonds. The lowest BCUT2D eigenvalue weighted by Gasteiger charge is -2.23. The van der Waals surface area contributed by atoms with Crippen LogP contribution in [0, 0.1) is 10.1 Å². The van der Waals surface area contributed by atoms with Gasteiger partial charge in [-0.1, -0.05) is 6.07 Å². The van der Waals surface area contributed by atoms with E-state index in [-0.39, 0.29) is 10.6 Å². The van der Waals surface area contributed by atoms with Gasteiger partial charge in [0.25, 0.3) is 15.7 Å². The monoisotopic (exact) mass is 350 g/mol. The Labute approximate surface area is 138 Å². The Balaban J connectivity index is 1.97. The summed E-state index contributed by atoms with van der Waals surface area (Å²) < 4.78 is 37.3. The topological polar surface area (TPSA) is 99.0 Å². The average Bonchev–Trinajstić information content (AvgIpc) is 2.60. The molecule has 9 heteroatoms. The van der Waals surface area contributed by atoms with Gasteiger partial charge in [0.2, 0.25) is 0 Å². The van der Waals surface area contributed by atoms with Gasteiger partial charge in [-0.15, -0.1) is 0 Å². The second-order valence-electron chi connectivity index (χ2n) is 5.05. The molecule has 24 heavy (non-hydrogen) atoms.